The van der Waals surface area contributed by atoms with Crippen LogP contribution < -0.4 is 19.5 Å². The van der Waals surface area contributed by atoms with Crippen molar-refractivity contribution in [2.24, 2.45) is 0 Å². The number of carbonyl (C=O) groups excluding carboxylic acids is 1. The highest BCUT2D eigenvalue weighted by molar-refractivity contribution is 5.92. The van der Waals surface area contributed by atoms with Gasteiger partial charge in [-0.3, -0.25) is 4.79 Å². The van der Waals surface area contributed by atoms with E-state index in [0.717, 1.165) is 11.6 Å². The van der Waals surface area contributed by atoms with Gasteiger partial charge in [0, 0.05) is 29.8 Å². The van der Waals surface area contributed by atoms with Gasteiger partial charge in [0.1, 0.15) is 17.2 Å². The first-order chi connectivity index (χ1) is 12.8. The lowest BCUT2D eigenvalue weighted by atomic mass is 10.1. The maximum atomic E-state index is 12.4. The average molecular weight is 381 g/mol. The molecule has 2 aromatic carbocycles. The van der Waals surface area contributed by atoms with E-state index in [1.807, 2.05) is 0 Å². The van der Waals surface area contributed by atoms with E-state index in [1.165, 1.54) is 38.5 Å². The molecule has 2 rings (SSSR count). The first-order valence-electron chi connectivity index (χ1n) is 7.84. The average Bonchev–Trinajstić information content (AvgIpc) is 2.64. The Labute approximate surface area is 154 Å². The van der Waals surface area contributed by atoms with E-state index in [4.69, 9.17) is 9.47 Å². The van der Waals surface area contributed by atoms with Gasteiger partial charge < -0.3 is 19.5 Å². The Kier molecular flexibility index (Phi) is 6.70. The minimum atomic E-state index is -4.81. The maximum absolute atomic E-state index is 12.4. The number of halogens is 3. The number of rotatable bonds is 7. The molecule has 0 aliphatic carbocycles. The molecule has 0 saturated heterocycles. The van der Waals surface area contributed by atoms with Crippen molar-refractivity contribution >= 4 is 12.0 Å². The van der Waals surface area contributed by atoms with Gasteiger partial charge in [-0.1, -0.05) is 18.2 Å². The lowest BCUT2D eigenvalue weighted by molar-refractivity contribution is -0.274. The van der Waals surface area contributed by atoms with Crippen LogP contribution in [-0.4, -0.2) is 26.5 Å². The first-order valence-corrected chi connectivity index (χ1v) is 7.84. The molecule has 0 aromatic heterocycles. The van der Waals surface area contributed by atoms with Crippen molar-refractivity contribution in [3.8, 4) is 17.2 Å². The van der Waals surface area contributed by atoms with E-state index in [2.05, 4.69) is 10.1 Å². The van der Waals surface area contributed by atoms with E-state index in [-0.39, 0.29) is 17.9 Å². The number of nitrogens with one attached hydrogen (secondary N) is 1. The first kappa shape index (κ1) is 20.2. The zero-order chi connectivity index (χ0) is 19.9. The van der Waals surface area contributed by atoms with Crippen LogP contribution in [0.2, 0.25) is 0 Å². The number of amides is 1. The molecule has 0 heterocycles. The van der Waals surface area contributed by atoms with Gasteiger partial charge in [-0.15, -0.1) is 13.2 Å². The van der Waals surface area contributed by atoms with Crippen LogP contribution in [-0.2, 0) is 11.3 Å². The summed E-state index contributed by atoms with van der Waals surface area (Å²) in [4.78, 5) is 12.0. The van der Waals surface area contributed by atoms with Crippen molar-refractivity contribution in [3.05, 3.63) is 59.7 Å². The zero-order valence-electron chi connectivity index (χ0n) is 14.7. The number of benzene rings is 2. The van der Waals surface area contributed by atoms with Crippen LogP contribution in [0.3, 0.4) is 0 Å². The summed E-state index contributed by atoms with van der Waals surface area (Å²) in [6, 6.07) is 10.7. The lowest BCUT2D eigenvalue weighted by Crippen LogP contribution is -2.20. The van der Waals surface area contributed by atoms with E-state index in [9.17, 15) is 18.0 Å². The van der Waals surface area contributed by atoms with Crippen molar-refractivity contribution < 1.29 is 32.2 Å². The molecule has 8 heteroatoms. The standard InChI is InChI=1S/C19H18F3NO4/c1-25-15-9-7-14(17(11-15)26-2)12-23-18(24)10-8-13-5-3-4-6-16(13)27-19(20,21)22/h3-11H,12H2,1-2H3,(H,23,24)/b10-8+. The Morgan fingerprint density at radius 2 is 1.81 bits per heavy atom. The number of carbonyl (C=O) groups is 1. The van der Waals surface area contributed by atoms with Gasteiger partial charge in [0.15, 0.2) is 0 Å². The van der Waals surface area contributed by atoms with Gasteiger partial charge in [-0.05, 0) is 24.3 Å². The summed E-state index contributed by atoms with van der Waals surface area (Å²) in [5.41, 5.74) is 0.854. The van der Waals surface area contributed by atoms with Gasteiger partial charge in [0.25, 0.3) is 0 Å². The normalized spacial score (nSPS) is 11.3. The molecule has 0 spiro atoms. The van der Waals surface area contributed by atoms with Crippen molar-refractivity contribution in [3.63, 3.8) is 0 Å². The van der Waals surface area contributed by atoms with Gasteiger partial charge in [-0.2, -0.15) is 0 Å². The van der Waals surface area contributed by atoms with Crippen LogP contribution in [0.1, 0.15) is 11.1 Å². The Hall–Kier alpha value is -3.16. The highest BCUT2D eigenvalue weighted by Crippen LogP contribution is 2.27. The summed E-state index contributed by atoms with van der Waals surface area (Å²) in [5, 5.41) is 2.64. The third-order valence-electron chi connectivity index (χ3n) is 3.51. The second-order valence-electron chi connectivity index (χ2n) is 5.31. The molecule has 27 heavy (non-hydrogen) atoms. The van der Waals surface area contributed by atoms with Crippen LogP contribution in [0.25, 0.3) is 6.08 Å². The third kappa shape index (κ3) is 6.25. The fourth-order valence-corrected chi connectivity index (χ4v) is 2.24. The summed E-state index contributed by atoms with van der Waals surface area (Å²) < 4.78 is 51.5. The molecule has 0 bridgehead atoms. The molecule has 0 saturated carbocycles. The van der Waals surface area contributed by atoms with Crippen LogP contribution in [0.4, 0.5) is 13.2 Å². The molecule has 2 aromatic rings. The SMILES string of the molecule is COc1ccc(CNC(=O)/C=C/c2ccccc2OC(F)(F)F)c(OC)c1. The van der Waals surface area contributed by atoms with Crippen molar-refractivity contribution in [1.82, 2.24) is 5.32 Å². The lowest BCUT2D eigenvalue weighted by Gasteiger charge is -2.11. The van der Waals surface area contributed by atoms with Crippen LogP contribution in [0.15, 0.2) is 48.5 Å². The van der Waals surface area contributed by atoms with Crippen LogP contribution in [0, 0.1) is 0 Å². The third-order valence-corrected chi connectivity index (χ3v) is 3.51. The zero-order valence-corrected chi connectivity index (χ0v) is 14.7. The number of ether oxygens (including phenoxy) is 3. The predicted octanol–water partition coefficient (Wildman–Crippen LogP) is 3.93. The Morgan fingerprint density at radius 1 is 1.07 bits per heavy atom. The molecular formula is C19H18F3NO4. The van der Waals surface area contributed by atoms with Crippen LogP contribution >= 0.6 is 0 Å². The van der Waals surface area contributed by atoms with E-state index >= 15 is 0 Å². The Morgan fingerprint density at radius 3 is 2.48 bits per heavy atom. The number of hydrogen-bond acceptors (Lipinski definition) is 4. The molecule has 5 nitrogen and oxygen atoms in total. The van der Waals surface area contributed by atoms with Crippen molar-refractivity contribution in [2.45, 2.75) is 12.9 Å². The molecule has 0 aliphatic rings. The molecule has 144 valence electrons. The molecule has 0 fully saturated rings. The van der Waals surface area contributed by atoms with Gasteiger partial charge in [0.2, 0.25) is 5.91 Å². The highest BCUT2D eigenvalue weighted by Gasteiger charge is 2.31. The number of alkyl halides is 3. The van der Waals surface area contributed by atoms with E-state index in [1.54, 1.807) is 24.3 Å². The van der Waals surface area contributed by atoms with Crippen molar-refractivity contribution in [1.29, 1.82) is 0 Å². The Bertz CT molecular complexity index is 819. The number of hydrogen-bond donors (Lipinski definition) is 1. The summed E-state index contributed by atoms with van der Waals surface area (Å²) >= 11 is 0. The monoisotopic (exact) mass is 381 g/mol. The summed E-state index contributed by atoms with van der Waals surface area (Å²) in [7, 11) is 3.03. The summed E-state index contributed by atoms with van der Waals surface area (Å²) in [6.45, 7) is 0.178. The fraction of sp³-hybridized carbons (Fsp3) is 0.211. The van der Waals surface area contributed by atoms with E-state index in [0.29, 0.717) is 11.5 Å². The minimum Gasteiger partial charge on any atom is -0.497 e. The number of para-hydroxylation sites is 1. The Balaban J connectivity index is 2.02. The highest BCUT2D eigenvalue weighted by atomic mass is 19.4. The molecule has 0 unspecified atom stereocenters. The minimum absolute atomic E-state index is 0.131. The second kappa shape index (κ2) is 8.98. The number of methoxy groups -OCH3 is 2. The predicted molar refractivity (Wildman–Crippen MR) is 93.6 cm³/mol. The topological polar surface area (TPSA) is 56.8 Å². The molecule has 1 amide bonds. The second-order valence-corrected chi connectivity index (χ2v) is 5.31. The quantitative estimate of drug-likeness (QED) is 0.739. The maximum Gasteiger partial charge on any atom is 0.573 e. The molecular weight excluding hydrogens is 363 g/mol. The van der Waals surface area contributed by atoms with Crippen LogP contribution in [0.5, 0.6) is 17.2 Å². The molecule has 0 atom stereocenters. The van der Waals surface area contributed by atoms with Gasteiger partial charge >= 0.3 is 6.36 Å². The summed E-state index contributed by atoms with van der Waals surface area (Å²) in [6.07, 6.45) is -2.42. The van der Waals surface area contributed by atoms with Gasteiger partial charge in [0.05, 0.1) is 14.2 Å². The van der Waals surface area contributed by atoms with Gasteiger partial charge in [-0.25, -0.2) is 0 Å². The summed E-state index contributed by atoms with van der Waals surface area (Å²) in [5.74, 6) is 0.297. The fourth-order valence-electron chi connectivity index (χ4n) is 2.24. The molecule has 1 N–H and O–H groups in total. The van der Waals surface area contributed by atoms with E-state index < -0.39 is 12.3 Å². The molecule has 0 radical (unpaired) electrons. The largest absolute Gasteiger partial charge is 0.573 e. The molecule has 0 aliphatic heterocycles. The van der Waals surface area contributed by atoms with Crippen molar-refractivity contribution in [2.75, 3.05) is 14.2 Å². The smallest absolute Gasteiger partial charge is 0.497 e.